The number of urea groups is 1. The van der Waals surface area contributed by atoms with E-state index in [2.05, 4.69) is 20.5 Å². The average molecular weight is 634 g/mol. The normalized spacial score (nSPS) is 17.7. The van der Waals surface area contributed by atoms with Crippen LogP contribution in [0.2, 0.25) is 10.0 Å². The van der Waals surface area contributed by atoms with Crippen molar-refractivity contribution in [2.75, 3.05) is 25.6 Å². The zero-order valence-electron chi connectivity index (χ0n) is 23.6. The molecule has 2 aromatic carbocycles. The lowest BCUT2D eigenvalue weighted by atomic mass is 9.92. The summed E-state index contributed by atoms with van der Waals surface area (Å²) in [5.74, 6) is -1.03. The second kappa shape index (κ2) is 13.3. The molecule has 13 heteroatoms. The monoisotopic (exact) mass is 632 g/mol. The molecule has 43 heavy (non-hydrogen) atoms. The van der Waals surface area contributed by atoms with Gasteiger partial charge in [-0.2, -0.15) is 0 Å². The highest BCUT2D eigenvalue weighted by atomic mass is 35.5. The molecule has 2 fully saturated rings. The van der Waals surface area contributed by atoms with Gasteiger partial charge in [-0.25, -0.2) is 9.18 Å². The van der Waals surface area contributed by atoms with E-state index < -0.39 is 23.7 Å². The third-order valence-electron chi connectivity index (χ3n) is 7.65. The van der Waals surface area contributed by atoms with E-state index in [0.29, 0.717) is 21.3 Å². The van der Waals surface area contributed by atoms with Gasteiger partial charge in [-0.15, -0.1) is 0 Å². The smallest absolute Gasteiger partial charge is 0.325 e. The quantitative estimate of drug-likeness (QED) is 0.242. The van der Waals surface area contributed by atoms with Crippen LogP contribution in [0.4, 0.5) is 14.9 Å². The third kappa shape index (κ3) is 6.79. The van der Waals surface area contributed by atoms with Crippen molar-refractivity contribution in [3.8, 4) is 11.3 Å². The molecule has 1 aromatic heterocycles. The summed E-state index contributed by atoms with van der Waals surface area (Å²) in [6.45, 7) is 2.07. The van der Waals surface area contributed by atoms with Gasteiger partial charge in [0.1, 0.15) is 23.8 Å². The molecule has 2 aliphatic rings. The lowest BCUT2D eigenvalue weighted by molar-refractivity contribution is -0.139. The van der Waals surface area contributed by atoms with Crippen LogP contribution in [0.3, 0.4) is 0 Å². The molecule has 1 saturated heterocycles. The number of likely N-dealkylation sites (tertiary alicyclic amines) is 1. The topological polar surface area (TPSA) is 123 Å². The molecule has 1 saturated carbocycles. The Kier molecular flexibility index (Phi) is 9.53. The molecule has 0 spiro atoms. The van der Waals surface area contributed by atoms with Crippen LogP contribution in [-0.4, -0.2) is 60.3 Å². The molecule has 3 amide bonds. The lowest BCUT2D eigenvalue weighted by Crippen LogP contribution is -2.61. The number of amides is 3. The molecule has 0 bridgehead atoms. The standard InChI is InChI=1S/C30H31Cl2FN4O6/c1-3-18-12-19(37(18)30(40)35-24-10-9-17(11-23(24)33)29(39)34-13-25(38)41-2)14-42-15-20-27(36-43-28(20)16-7-8-16)26-21(31)5-4-6-22(26)32/h4-6,9-11,16,18-19H,3,7-8,12-15H2,1-2H3,(H,34,39)(H,35,40). The Morgan fingerprint density at radius 3 is 2.53 bits per heavy atom. The maximum atomic E-state index is 14.8. The molecule has 2 N–H and O–H groups in total. The SMILES string of the molecule is CCC1CC(COCc2c(-c3c(Cl)cccc3Cl)noc2C2CC2)N1C(=O)Nc1ccc(C(=O)NCC(=O)OC)cc1F. The van der Waals surface area contributed by atoms with E-state index in [-0.39, 0.29) is 49.0 Å². The Morgan fingerprint density at radius 1 is 1.14 bits per heavy atom. The van der Waals surface area contributed by atoms with E-state index in [1.807, 2.05) is 6.92 Å². The Labute approximate surface area is 257 Å². The van der Waals surface area contributed by atoms with E-state index in [1.54, 1.807) is 23.1 Å². The van der Waals surface area contributed by atoms with Gasteiger partial charge < -0.3 is 29.5 Å². The van der Waals surface area contributed by atoms with Crippen molar-refractivity contribution in [1.82, 2.24) is 15.4 Å². The number of esters is 1. The highest BCUT2D eigenvalue weighted by Crippen LogP contribution is 2.46. The first-order valence-corrected chi connectivity index (χ1v) is 14.7. The van der Waals surface area contributed by atoms with Crippen molar-refractivity contribution in [2.24, 2.45) is 0 Å². The van der Waals surface area contributed by atoms with E-state index in [9.17, 15) is 18.8 Å². The van der Waals surface area contributed by atoms with Gasteiger partial charge in [-0.05, 0) is 56.0 Å². The van der Waals surface area contributed by atoms with Crippen molar-refractivity contribution < 1.29 is 32.8 Å². The first-order chi connectivity index (χ1) is 20.7. The molecule has 0 radical (unpaired) electrons. The van der Waals surface area contributed by atoms with Crippen LogP contribution in [0.25, 0.3) is 11.3 Å². The van der Waals surface area contributed by atoms with Crippen molar-refractivity contribution >= 4 is 46.8 Å². The maximum absolute atomic E-state index is 14.8. The molecular formula is C30H31Cl2FN4O6. The number of rotatable bonds is 11. The molecule has 1 aliphatic carbocycles. The van der Waals surface area contributed by atoms with Crippen LogP contribution < -0.4 is 10.6 Å². The fraction of sp³-hybridized carbons (Fsp3) is 0.400. The van der Waals surface area contributed by atoms with Crippen LogP contribution in [0.5, 0.6) is 0 Å². The zero-order chi connectivity index (χ0) is 30.7. The minimum absolute atomic E-state index is 0.00202. The summed E-state index contributed by atoms with van der Waals surface area (Å²) in [7, 11) is 1.19. The lowest BCUT2D eigenvalue weighted by Gasteiger charge is -2.48. The molecule has 5 rings (SSSR count). The number of anilines is 1. The van der Waals surface area contributed by atoms with E-state index in [1.165, 1.54) is 19.2 Å². The van der Waals surface area contributed by atoms with Gasteiger partial charge in [0, 0.05) is 28.7 Å². The summed E-state index contributed by atoms with van der Waals surface area (Å²) in [6.07, 6.45) is 3.46. The maximum Gasteiger partial charge on any atom is 0.325 e. The van der Waals surface area contributed by atoms with Gasteiger partial charge in [-0.3, -0.25) is 9.59 Å². The number of benzene rings is 2. The second-order valence-electron chi connectivity index (χ2n) is 10.5. The van der Waals surface area contributed by atoms with Crippen LogP contribution >= 0.6 is 23.2 Å². The third-order valence-corrected chi connectivity index (χ3v) is 8.28. The van der Waals surface area contributed by atoms with Crippen LogP contribution in [-0.2, 0) is 20.9 Å². The number of nitrogens with zero attached hydrogens (tertiary/aromatic N) is 2. The van der Waals surface area contributed by atoms with E-state index >= 15 is 0 Å². The van der Waals surface area contributed by atoms with Gasteiger partial charge in [0.15, 0.2) is 0 Å². The Bertz CT molecular complexity index is 1510. The van der Waals surface area contributed by atoms with E-state index in [4.69, 9.17) is 32.5 Å². The van der Waals surface area contributed by atoms with Gasteiger partial charge >= 0.3 is 12.0 Å². The Morgan fingerprint density at radius 2 is 1.88 bits per heavy atom. The van der Waals surface area contributed by atoms with Gasteiger partial charge in [0.05, 0.1) is 42.1 Å². The van der Waals surface area contributed by atoms with Crippen molar-refractivity contribution in [3.63, 3.8) is 0 Å². The minimum atomic E-state index is -0.786. The summed E-state index contributed by atoms with van der Waals surface area (Å²) in [5, 5.41) is 10.1. The van der Waals surface area contributed by atoms with Crippen molar-refractivity contribution in [3.05, 3.63) is 69.1 Å². The predicted octanol–water partition coefficient (Wildman–Crippen LogP) is 6.17. The van der Waals surface area contributed by atoms with Crippen LogP contribution in [0.1, 0.15) is 60.2 Å². The number of ether oxygens (including phenoxy) is 2. The number of hydrogen-bond donors (Lipinski definition) is 2. The number of methoxy groups -OCH3 is 1. The first-order valence-electron chi connectivity index (χ1n) is 14.0. The summed E-state index contributed by atoms with van der Waals surface area (Å²) in [5.41, 5.74) is 1.85. The van der Waals surface area contributed by atoms with E-state index in [0.717, 1.165) is 43.1 Å². The summed E-state index contributed by atoms with van der Waals surface area (Å²) >= 11 is 12.9. The largest absolute Gasteiger partial charge is 0.468 e. The summed E-state index contributed by atoms with van der Waals surface area (Å²) < 4.78 is 31.1. The van der Waals surface area contributed by atoms with Crippen LogP contribution in [0.15, 0.2) is 40.9 Å². The number of carbonyl (C=O) groups is 3. The number of aromatic nitrogens is 1. The summed E-state index contributed by atoms with van der Waals surface area (Å²) in [4.78, 5) is 38.3. The number of nitrogens with one attached hydrogen (secondary N) is 2. The first kappa shape index (κ1) is 30.8. The molecule has 10 nitrogen and oxygen atoms in total. The number of carbonyl (C=O) groups excluding carboxylic acids is 3. The van der Waals surface area contributed by atoms with Gasteiger partial charge in [-0.1, -0.05) is 41.3 Å². The summed E-state index contributed by atoms with van der Waals surface area (Å²) in [6, 6.07) is 8.17. The Hall–Kier alpha value is -3.67. The number of hydrogen-bond acceptors (Lipinski definition) is 7. The minimum Gasteiger partial charge on any atom is -0.468 e. The molecule has 3 aromatic rings. The molecular weight excluding hydrogens is 602 g/mol. The number of halogens is 3. The predicted molar refractivity (Wildman–Crippen MR) is 158 cm³/mol. The fourth-order valence-corrected chi connectivity index (χ4v) is 5.73. The zero-order valence-corrected chi connectivity index (χ0v) is 25.1. The molecule has 1 aliphatic heterocycles. The van der Waals surface area contributed by atoms with Gasteiger partial charge in [0.25, 0.3) is 5.91 Å². The highest BCUT2D eigenvalue weighted by Gasteiger charge is 2.41. The average Bonchev–Trinajstić information content (AvgIpc) is 3.74. The molecule has 2 atom stereocenters. The highest BCUT2D eigenvalue weighted by molar-refractivity contribution is 6.39. The van der Waals surface area contributed by atoms with Crippen molar-refractivity contribution in [2.45, 2.75) is 57.2 Å². The second-order valence-corrected chi connectivity index (χ2v) is 11.3. The van der Waals surface area contributed by atoms with Crippen LogP contribution in [0, 0.1) is 5.82 Å². The van der Waals surface area contributed by atoms with Gasteiger partial charge in [0.2, 0.25) is 0 Å². The fourth-order valence-electron chi connectivity index (χ4n) is 5.15. The molecule has 228 valence electrons. The molecule has 2 unspecified atom stereocenters. The Balaban J connectivity index is 1.23. The molecule has 2 heterocycles. The van der Waals surface area contributed by atoms with Crippen molar-refractivity contribution in [1.29, 1.82) is 0 Å².